The summed E-state index contributed by atoms with van der Waals surface area (Å²) in [6.45, 7) is 4.85. The maximum atomic E-state index is 12.1. The first-order valence-electron chi connectivity index (χ1n) is 7.58. The molecule has 2 aromatic rings. The predicted octanol–water partition coefficient (Wildman–Crippen LogP) is 2.56. The molecule has 0 saturated heterocycles. The summed E-state index contributed by atoms with van der Waals surface area (Å²) in [5.74, 6) is 0.445. The summed E-state index contributed by atoms with van der Waals surface area (Å²) in [6, 6.07) is 15.1. The topological polar surface area (TPSA) is 56.0 Å². The van der Waals surface area contributed by atoms with Crippen molar-refractivity contribution in [3.05, 3.63) is 71.2 Å². The van der Waals surface area contributed by atoms with Gasteiger partial charge in [0.25, 0.3) is 5.69 Å². The van der Waals surface area contributed by atoms with Gasteiger partial charge in [-0.2, -0.15) is 4.73 Å². The number of benzene rings is 1. The molecule has 0 unspecified atom stereocenters. The molecular weight excluding hydrogens is 276 g/mol. The van der Waals surface area contributed by atoms with E-state index in [0.717, 1.165) is 6.42 Å². The highest BCUT2D eigenvalue weighted by atomic mass is 16.5. The average molecular weight is 298 g/mol. The van der Waals surface area contributed by atoms with Crippen LogP contribution >= 0.6 is 0 Å². The lowest BCUT2D eigenvalue weighted by atomic mass is 9.89. The van der Waals surface area contributed by atoms with Crippen LogP contribution in [-0.2, 0) is 6.42 Å². The molecule has 4 heteroatoms. The van der Waals surface area contributed by atoms with Crippen LogP contribution in [0.2, 0.25) is 0 Å². The molecule has 0 aliphatic heterocycles. The first kappa shape index (κ1) is 16.0. The molecule has 1 atom stereocenters. The minimum Gasteiger partial charge on any atom is -0.618 e. The zero-order chi connectivity index (χ0) is 15.9. The monoisotopic (exact) mass is 298 g/mol. The van der Waals surface area contributed by atoms with Gasteiger partial charge in [0.15, 0.2) is 6.20 Å². The molecular formula is C18H22N2O2. The fourth-order valence-corrected chi connectivity index (χ4v) is 2.38. The lowest BCUT2D eigenvalue weighted by Crippen LogP contribution is -2.41. The normalized spacial score (nSPS) is 12.1. The number of amides is 1. The molecule has 1 heterocycles. The molecule has 2 rings (SSSR count). The Morgan fingerprint density at radius 3 is 2.45 bits per heavy atom. The van der Waals surface area contributed by atoms with Gasteiger partial charge in [0.05, 0.1) is 0 Å². The van der Waals surface area contributed by atoms with Crippen molar-refractivity contribution in [1.29, 1.82) is 0 Å². The van der Waals surface area contributed by atoms with Crippen molar-refractivity contribution in [2.24, 2.45) is 11.8 Å². The fourth-order valence-electron chi connectivity index (χ4n) is 2.38. The highest BCUT2D eigenvalue weighted by molar-refractivity contribution is 5.90. The van der Waals surface area contributed by atoms with Crippen LogP contribution in [-0.4, -0.2) is 12.5 Å². The van der Waals surface area contributed by atoms with Crippen LogP contribution in [0.15, 0.2) is 54.7 Å². The van der Waals surface area contributed by atoms with E-state index in [1.54, 1.807) is 12.1 Å². The molecule has 0 fully saturated rings. The van der Waals surface area contributed by atoms with Crippen molar-refractivity contribution < 1.29 is 9.52 Å². The second-order valence-electron chi connectivity index (χ2n) is 5.82. The molecule has 1 aromatic heterocycles. The zero-order valence-corrected chi connectivity index (χ0v) is 13.0. The molecule has 1 amide bonds. The molecule has 0 aliphatic rings. The van der Waals surface area contributed by atoms with Crippen LogP contribution in [0.25, 0.3) is 0 Å². The van der Waals surface area contributed by atoms with E-state index in [0.29, 0.717) is 23.1 Å². The van der Waals surface area contributed by atoms with E-state index in [-0.39, 0.29) is 11.6 Å². The molecule has 0 spiro atoms. The number of nitrogens with zero attached hydrogens (tertiary/aromatic N) is 1. The molecule has 4 nitrogen and oxygen atoms in total. The van der Waals surface area contributed by atoms with Crippen LogP contribution in [0.1, 0.15) is 29.9 Å². The quantitative estimate of drug-likeness (QED) is 0.658. The minimum absolute atomic E-state index is 0.129. The van der Waals surface area contributed by atoms with Gasteiger partial charge in [0.1, 0.15) is 0 Å². The highest BCUT2D eigenvalue weighted by Gasteiger charge is 2.19. The standard InChI is InChI=1S/C18H22N2O2/c1-14(2)16(12-15-8-4-3-5-9-15)13-19-18(21)17-10-6-7-11-20(17)22/h3-11,14,16H,12-13H2,1-2H3,(H,19,21)/t16-/m0/s1. The SMILES string of the molecule is CC(C)[C@H](CNC(=O)c1cccc[n+]1[O-])Cc1ccccc1. The van der Waals surface area contributed by atoms with Crippen molar-refractivity contribution in [2.75, 3.05) is 6.54 Å². The first-order chi connectivity index (χ1) is 10.6. The van der Waals surface area contributed by atoms with Crippen LogP contribution in [0.4, 0.5) is 0 Å². The smallest absolute Gasteiger partial charge is 0.317 e. The van der Waals surface area contributed by atoms with Crippen molar-refractivity contribution in [1.82, 2.24) is 5.32 Å². The average Bonchev–Trinajstić information content (AvgIpc) is 2.52. The third-order valence-electron chi connectivity index (χ3n) is 3.87. The van der Waals surface area contributed by atoms with Crippen molar-refractivity contribution in [2.45, 2.75) is 20.3 Å². The van der Waals surface area contributed by atoms with Crippen molar-refractivity contribution >= 4 is 5.91 Å². The van der Waals surface area contributed by atoms with Gasteiger partial charge < -0.3 is 10.5 Å². The lowest BCUT2D eigenvalue weighted by Gasteiger charge is -2.21. The van der Waals surface area contributed by atoms with Gasteiger partial charge in [-0.3, -0.25) is 4.79 Å². The Bertz CT molecular complexity index is 611. The van der Waals surface area contributed by atoms with Crippen LogP contribution < -0.4 is 10.0 Å². The highest BCUT2D eigenvalue weighted by Crippen LogP contribution is 2.16. The Morgan fingerprint density at radius 2 is 1.82 bits per heavy atom. The summed E-state index contributed by atoms with van der Waals surface area (Å²) in [5.41, 5.74) is 1.39. The number of carbonyl (C=O) groups is 1. The third-order valence-corrected chi connectivity index (χ3v) is 3.87. The second kappa shape index (κ2) is 7.59. The molecule has 22 heavy (non-hydrogen) atoms. The maximum Gasteiger partial charge on any atom is 0.317 e. The van der Waals surface area contributed by atoms with Gasteiger partial charge in [-0.15, -0.1) is 0 Å². The Balaban J connectivity index is 1.97. The Morgan fingerprint density at radius 1 is 1.14 bits per heavy atom. The van der Waals surface area contributed by atoms with Crippen LogP contribution in [0, 0.1) is 17.0 Å². The van der Waals surface area contributed by atoms with Crippen molar-refractivity contribution in [3.63, 3.8) is 0 Å². The van der Waals surface area contributed by atoms with E-state index in [2.05, 4.69) is 31.3 Å². The fraction of sp³-hybridized carbons (Fsp3) is 0.333. The number of hydrogen-bond acceptors (Lipinski definition) is 2. The van der Waals surface area contributed by atoms with Gasteiger partial charge in [-0.25, -0.2) is 0 Å². The van der Waals surface area contributed by atoms with E-state index in [1.165, 1.54) is 17.8 Å². The number of aromatic nitrogens is 1. The molecule has 0 aliphatic carbocycles. The van der Waals surface area contributed by atoms with Gasteiger partial charge in [0.2, 0.25) is 0 Å². The Labute approximate surface area is 131 Å². The summed E-state index contributed by atoms with van der Waals surface area (Å²) in [7, 11) is 0. The number of rotatable bonds is 6. The minimum atomic E-state index is -0.325. The van der Waals surface area contributed by atoms with E-state index in [9.17, 15) is 10.0 Å². The Kier molecular flexibility index (Phi) is 5.53. The van der Waals surface area contributed by atoms with Crippen LogP contribution in [0.5, 0.6) is 0 Å². The van der Waals surface area contributed by atoms with E-state index in [1.807, 2.05) is 18.2 Å². The number of hydrogen-bond donors (Lipinski definition) is 1. The maximum absolute atomic E-state index is 12.1. The van der Waals surface area contributed by atoms with Gasteiger partial charge in [-0.05, 0) is 29.9 Å². The molecule has 116 valence electrons. The van der Waals surface area contributed by atoms with Gasteiger partial charge in [0, 0.05) is 18.7 Å². The molecule has 1 aromatic carbocycles. The van der Waals surface area contributed by atoms with Gasteiger partial charge in [-0.1, -0.05) is 44.2 Å². The third kappa shape index (κ3) is 4.32. The number of pyridine rings is 1. The summed E-state index contributed by atoms with van der Waals surface area (Å²) in [4.78, 5) is 12.1. The largest absolute Gasteiger partial charge is 0.618 e. The molecule has 0 bridgehead atoms. The van der Waals surface area contributed by atoms with Crippen molar-refractivity contribution in [3.8, 4) is 0 Å². The Hall–Kier alpha value is -2.36. The number of carbonyl (C=O) groups excluding carboxylic acids is 1. The molecule has 0 radical (unpaired) electrons. The second-order valence-corrected chi connectivity index (χ2v) is 5.82. The van der Waals surface area contributed by atoms with E-state index in [4.69, 9.17) is 0 Å². The summed E-state index contributed by atoms with van der Waals surface area (Å²) in [6.07, 6.45) is 2.24. The first-order valence-corrected chi connectivity index (χ1v) is 7.58. The molecule has 0 saturated carbocycles. The zero-order valence-electron chi connectivity index (χ0n) is 13.0. The summed E-state index contributed by atoms with van der Waals surface area (Å²) >= 11 is 0. The summed E-state index contributed by atoms with van der Waals surface area (Å²) in [5, 5.41) is 14.5. The number of nitrogens with one attached hydrogen (secondary N) is 1. The van der Waals surface area contributed by atoms with E-state index >= 15 is 0 Å². The van der Waals surface area contributed by atoms with Gasteiger partial charge >= 0.3 is 5.91 Å². The van der Waals surface area contributed by atoms with E-state index < -0.39 is 0 Å². The summed E-state index contributed by atoms with van der Waals surface area (Å²) < 4.78 is 0.594. The lowest BCUT2D eigenvalue weighted by molar-refractivity contribution is -0.607. The predicted molar refractivity (Wildman–Crippen MR) is 86.2 cm³/mol. The van der Waals surface area contributed by atoms with Crippen LogP contribution in [0.3, 0.4) is 0 Å². The molecule has 1 N–H and O–H groups in total.